The molecule has 1 rings (SSSR count). The molecule has 96 valence electrons. The fraction of sp³-hybridized carbons (Fsp3) is 0.467. The van der Waals surface area contributed by atoms with Crippen LogP contribution in [0.4, 0.5) is 0 Å². The van der Waals surface area contributed by atoms with Crippen LogP contribution >= 0.6 is 0 Å². The predicted molar refractivity (Wildman–Crippen MR) is 72.3 cm³/mol. The largest absolute Gasteiger partial charge is 0.348 e. The molecule has 1 N–H and O–H groups in total. The highest BCUT2D eigenvalue weighted by molar-refractivity contribution is 5.94. The molecule has 0 saturated carbocycles. The first-order valence-corrected chi connectivity index (χ1v) is 6.36. The van der Waals surface area contributed by atoms with Gasteiger partial charge in [-0.05, 0) is 30.0 Å². The number of nitriles is 1. The Morgan fingerprint density at radius 3 is 2.39 bits per heavy atom. The van der Waals surface area contributed by atoms with Crippen LogP contribution in [0.15, 0.2) is 24.3 Å². The molecule has 0 fully saturated rings. The third kappa shape index (κ3) is 3.89. The van der Waals surface area contributed by atoms with Crippen LogP contribution in [0.3, 0.4) is 0 Å². The van der Waals surface area contributed by atoms with Gasteiger partial charge in [0.25, 0.3) is 5.91 Å². The molecule has 0 aliphatic heterocycles. The van der Waals surface area contributed by atoms with E-state index in [4.69, 9.17) is 5.26 Å². The molecule has 0 radical (unpaired) electrons. The maximum Gasteiger partial charge on any atom is 0.251 e. The van der Waals surface area contributed by atoms with Crippen molar-refractivity contribution in [3.05, 3.63) is 35.4 Å². The minimum Gasteiger partial charge on any atom is -0.348 e. The van der Waals surface area contributed by atoms with E-state index in [1.807, 2.05) is 31.2 Å². The second-order valence-electron chi connectivity index (χ2n) is 4.72. The third-order valence-electron chi connectivity index (χ3n) is 3.01. The van der Waals surface area contributed by atoms with Gasteiger partial charge in [-0.25, -0.2) is 0 Å². The van der Waals surface area contributed by atoms with Crippen molar-refractivity contribution in [2.75, 3.05) is 0 Å². The summed E-state index contributed by atoms with van der Waals surface area (Å²) in [5, 5.41) is 11.5. The van der Waals surface area contributed by atoms with Gasteiger partial charge in [-0.2, -0.15) is 5.26 Å². The monoisotopic (exact) mass is 244 g/mol. The van der Waals surface area contributed by atoms with Crippen LogP contribution in [0.1, 0.15) is 55.5 Å². The Bertz CT molecular complexity index is 429. The highest BCUT2D eigenvalue weighted by atomic mass is 16.1. The Morgan fingerprint density at radius 2 is 1.94 bits per heavy atom. The van der Waals surface area contributed by atoms with Gasteiger partial charge < -0.3 is 5.32 Å². The maximum atomic E-state index is 11.9. The van der Waals surface area contributed by atoms with Gasteiger partial charge in [-0.15, -0.1) is 0 Å². The first-order valence-electron chi connectivity index (χ1n) is 6.36. The summed E-state index contributed by atoms with van der Waals surface area (Å²) in [7, 11) is 0. The standard InChI is InChI=1S/C15H20N2O/c1-4-14(9-10-16)17-15(18)13-7-5-12(6-8-13)11(2)3/h5-8,11,14H,4,9H2,1-3H3,(H,17,18). The van der Waals surface area contributed by atoms with Gasteiger partial charge in [0.05, 0.1) is 12.5 Å². The van der Waals surface area contributed by atoms with Crippen LogP contribution in [-0.4, -0.2) is 11.9 Å². The van der Waals surface area contributed by atoms with Crippen molar-refractivity contribution in [2.45, 2.75) is 45.6 Å². The molecule has 0 aliphatic carbocycles. The fourth-order valence-electron chi connectivity index (χ4n) is 1.70. The zero-order valence-corrected chi connectivity index (χ0v) is 11.2. The van der Waals surface area contributed by atoms with E-state index in [-0.39, 0.29) is 11.9 Å². The van der Waals surface area contributed by atoms with E-state index in [1.165, 1.54) is 5.56 Å². The SMILES string of the molecule is CCC(CC#N)NC(=O)c1ccc(C(C)C)cc1. The number of carbonyl (C=O) groups is 1. The van der Waals surface area contributed by atoms with Gasteiger partial charge in [-0.1, -0.05) is 32.9 Å². The molecule has 18 heavy (non-hydrogen) atoms. The molecular formula is C15H20N2O. The average Bonchev–Trinajstić information content (AvgIpc) is 2.38. The van der Waals surface area contributed by atoms with Crippen LogP contribution in [0.2, 0.25) is 0 Å². The molecule has 0 aliphatic rings. The molecule has 1 aromatic rings. The van der Waals surface area contributed by atoms with E-state index in [1.54, 1.807) is 0 Å². The lowest BCUT2D eigenvalue weighted by Crippen LogP contribution is -2.34. The first-order chi connectivity index (χ1) is 8.58. The Morgan fingerprint density at radius 1 is 1.33 bits per heavy atom. The molecule has 3 heteroatoms. The smallest absolute Gasteiger partial charge is 0.251 e. The molecule has 1 atom stereocenters. The normalized spacial score (nSPS) is 11.9. The summed E-state index contributed by atoms with van der Waals surface area (Å²) in [4.78, 5) is 11.9. The average molecular weight is 244 g/mol. The molecule has 0 bridgehead atoms. The molecule has 1 aromatic carbocycles. The summed E-state index contributed by atoms with van der Waals surface area (Å²) in [6.07, 6.45) is 1.12. The lowest BCUT2D eigenvalue weighted by atomic mass is 10.0. The van der Waals surface area contributed by atoms with E-state index < -0.39 is 0 Å². The number of benzene rings is 1. The number of nitrogens with zero attached hydrogens (tertiary/aromatic N) is 1. The van der Waals surface area contributed by atoms with Gasteiger partial charge in [-0.3, -0.25) is 4.79 Å². The van der Waals surface area contributed by atoms with Crippen molar-refractivity contribution in [2.24, 2.45) is 0 Å². The molecule has 3 nitrogen and oxygen atoms in total. The zero-order valence-electron chi connectivity index (χ0n) is 11.2. The molecule has 0 saturated heterocycles. The van der Waals surface area contributed by atoms with Crippen molar-refractivity contribution in [1.82, 2.24) is 5.32 Å². The number of hydrogen-bond donors (Lipinski definition) is 1. The minimum atomic E-state index is -0.104. The van der Waals surface area contributed by atoms with Crippen LogP contribution in [0.5, 0.6) is 0 Å². The van der Waals surface area contributed by atoms with Gasteiger partial charge in [0, 0.05) is 11.6 Å². The number of rotatable bonds is 5. The van der Waals surface area contributed by atoms with Gasteiger partial charge >= 0.3 is 0 Å². The summed E-state index contributed by atoms with van der Waals surface area (Å²) < 4.78 is 0. The van der Waals surface area contributed by atoms with Gasteiger partial charge in [0.15, 0.2) is 0 Å². The van der Waals surface area contributed by atoms with Crippen LogP contribution < -0.4 is 5.32 Å². The number of hydrogen-bond acceptors (Lipinski definition) is 2. The molecule has 0 heterocycles. The summed E-state index contributed by atoms with van der Waals surface area (Å²) in [6, 6.07) is 9.65. The minimum absolute atomic E-state index is 0.0627. The number of amides is 1. The van der Waals surface area contributed by atoms with E-state index in [9.17, 15) is 4.79 Å². The van der Waals surface area contributed by atoms with Crippen molar-refractivity contribution in [3.63, 3.8) is 0 Å². The Hall–Kier alpha value is -1.82. The van der Waals surface area contributed by atoms with Crippen molar-refractivity contribution in [3.8, 4) is 6.07 Å². The fourth-order valence-corrected chi connectivity index (χ4v) is 1.70. The number of carbonyl (C=O) groups excluding carboxylic acids is 1. The molecule has 1 amide bonds. The van der Waals surface area contributed by atoms with Gasteiger partial charge in [0.1, 0.15) is 0 Å². The summed E-state index contributed by atoms with van der Waals surface area (Å²) >= 11 is 0. The van der Waals surface area contributed by atoms with Crippen LogP contribution in [0.25, 0.3) is 0 Å². The van der Waals surface area contributed by atoms with Crippen LogP contribution in [-0.2, 0) is 0 Å². The third-order valence-corrected chi connectivity index (χ3v) is 3.01. The summed E-state index contributed by atoms with van der Waals surface area (Å²) in [6.45, 7) is 6.20. The highest BCUT2D eigenvalue weighted by Crippen LogP contribution is 2.14. The molecule has 0 aromatic heterocycles. The maximum absolute atomic E-state index is 11.9. The molecular weight excluding hydrogens is 224 g/mol. The summed E-state index contributed by atoms with van der Waals surface area (Å²) in [5.41, 5.74) is 1.87. The highest BCUT2D eigenvalue weighted by Gasteiger charge is 2.11. The summed E-state index contributed by atoms with van der Waals surface area (Å²) in [5.74, 6) is 0.358. The number of nitrogens with one attached hydrogen (secondary N) is 1. The van der Waals surface area contributed by atoms with Crippen LogP contribution in [0, 0.1) is 11.3 Å². The first kappa shape index (κ1) is 14.2. The predicted octanol–water partition coefficient (Wildman–Crippen LogP) is 3.23. The van der Waals surface area contributed by atoms with Crippen molar-refractivity contribution >= 4 is 5.91 Å². The lowest BCUT2D eigenvalue weighted by molar-refractivity contribution is 0.0936. The molecule has 0 spiro atoms. The Labute approximate surface area is 109 Å². The molecule has 1 unspecified atom stereocenters. The van der Waals surface area contributed by atoms with E-state index in [2.05, 4.69) is 25.2 Å². The van der Waals surface area contributed by atoms with Crippen molar-refractivity contribution in [1.29, 1.82) is 5.26 Å². The topological polar surface area (TPSA) is 52.9 Å². The van der Waals surface area contributed by atoms with E-state index >= 15 is 0 Å². The van der Waals surface area contributed by atoms with Crippen molar-refractivity contribution < 1.29 is 4.79 Å². The Balaban J connectivity index is 2.70. The van der Waals surface area contributed by atoms with Gasteiger partial charge in [0.2, 0.25) is 0 Å². The quantitative estimate of drug-likeness (QED) is 0.864. The second-order valence-corrected chi connectivity index (χ2v) is 4.72. The van der Waals surface area contributed by atoms with E-state index in [0.29, 0.717) is 17.9 Å². The van der Waals surface area contributed by atoms with E-state index in [0.717, 1.165) is 6.42 Å². The lowest BCUT2D eigenvalue weighted by Gasteiger charge is -2.14. The Kier molecular flexibility index (Phi) is 5.38. The zero-order chi connectivity index (χ0) is 13.5. The second kappa shape index (κ2) is 6.80.